The number of fused-ring (bicyclic) bond motifs is 2. The van der Waals surface area contributed by atoms with Gasteiger partial charge in [-0.1, -0.05) is 54.6 Å². The van der Waals surface area contributed by atoms with Gasteiger partial charge >= 0.3 is 0 Å². The maximum absolute atomic E-state index is 14.2. The zero-order valence-electron chi connectivity index (χ0n) is 22.6. The molecule has 1 saturated heterocycles. The molecule has 2 N–H and O–H groups in total. The highest BCUT2D eigenvalue weighted by atomic mass is 19.1. The Morgan fingerprint density at radius 3 is 2.05 bits per heavy atom. The molecule has 6 rings (SSSR count). The second-order valence-electron chi connectivity index (χ2n) is 10.2. The first-order valence-electron chi connectivity index (χ1n) is 13.6. The zero-order valence-corrected chi connectivity index (χ0v) is 22.6. The molecule has 2 aliphatic rings. The molecule has 9 heteroatoms. The van der Waals surface area contributed by atoms with Crippen molar-refractivity contribution in [1.82, 2.24) is 4.90 Å². The van der Waals surface area contributed by atoms with Gasteiger partial charge in [-0.2, -0.15) is 0 Å². The molecule has 8 nitrogen and oxygen atoms in total. The number of carbonyl (C=O) groups is 4. The largest absolute Gasteiger partial charge is 0.367 e. The van der Waals surface area contributed by atoms with Crippen molar-refractivity contribution in [3.05, 3.63) is 125 Å². The Morgan fingerprint density at radius 2 is 1.33 bits per heavy atom. The van der Waals surface area contributed by atoms with E-state index < -0.39 is 11.7 Å². The minimum absolute atomic E-state index is 0.0410. The van der Waals surface area contributed by atoms with Crippen LogP contribution in [0.5, 0.6) is 0 Å². The number of carbonyl (C=O) groups excluding carboxylic acids is 4. The van der Waals surface area contributed by atoms with Crippen molar-refractivity contribution < 1.29 is 23.6 Å². The predicted octanol–water partition coefficient (Wildman–Crippen LogP) is 4.61. The number of nitrogens with one attached hydrogen (secondary N) is 2. The summed E-state index contributed by atoms with van der Waals surface area (Å²) in [6.45, 7) is 2.27. The summed E-state index contributed by atoms with van der Waals surface area (Å²) in [5.41, 5.74) is 1.91. The smallest absolute Gasteiger partial charge is 0.255 e. The van der Waals surface area contributed by atoms with Crippen LogP contribution in [0.3, 0.4) is 0 Å². The lowest BCUT2D eigenvalue weighted by Crippen LogP contribution is -2.49. The Hall–Kier alpha value is -5.15. The summed E-state index contributed by atoms with van der Waals surface area (Å²) in [7, 11) is 0. The van der Waals surface area contributed by atoms with Gasteiger partial charge in [0, 0.05) is 48.4 Å². The van der Waals surface area contributed by atoms with Crippen LogP contribution in [0.2, 0.25) is 0 Å². The molecule has 4 aromatic rings. The Bertz CT molecular complexity index is 1710. The number of benzene rings is 4. The average molecular weight is 563 g/mol. The number of amides is 2. The van der Waals surface area contributed by atoms with Crippen molar-refractivity contribution in [2.24, 2.45) is 0 Å². The normalized spacial score (nSPS) is 14.6. The maximum Gasteiger partial charge on any atom is 0.255 e. The molecule has 0 spiro atoms. The molecular formula is C33H27FN4O4. The monoisotopic (exact) mass is 562 g/mol. The molecule has 0 aromatic heterocycles. The number of ketones is 2. The van der Waals surface area contributed by atoms with E-state index in [-0.39, 0.29) is 52.1 Å². The van der Waals surface area contributed by atoms with Crippen LogP contribution < -0.4 is 15.5 Å². The van der Waals surface area contributed by atoms with Gasteiger partial charge in [-0.3, -0.25) is 24.1 Å². The number of piperazine rings is 1. The quantitative estimate of drug-likeness (QED) is 0.314. The number of hydrogen-bond acceptors (Lipinski definition) is 6. The fourth-order valence-corrected chi connectivity index (χ4v) is 5.44. The topological polar surface area (TPSA) is 98.8 Å². The van der Waals surface area contributed by atoms with E-state index in [2.05, 4.69) is 10.6 Å². The van der Waals surface area contributed by atoms with Crippen molar-refractivity contribution in [2.75, 3.05) is 48.3 Å². The third-order valence-electron chi connectivity index (χ3n) is 7.57. The molecule has 42 heavy (non-hydrogen) atoms. The fraction of sp³-hybridized carbons (Fsp3) is 0.152. The number of halogens is 1. The van der Waals surface area contributed by atoms with Crippen molar-refractivity contribution in [1.29, 1.82) is 0 Å². The number of anilines is 3. The third kappa shape index (κ3) is 5.17. The van der Waals surface area contributed by atoms with E-state index in [4.69, 9.17) is 0 Å². The maximum atomic E-state index is 14.2. The Labute approximate surface area is 241 Å². The first-order valence-corrected chi connectivity index (χ1v) is 13.6. The molecule has 0 saturated carbocycles. The molecule has 1 fully saturated rings. The molecule has 0 unspecified atom stereocenters. The summed E-state index contributed by atoms with van der Waals surface area (Å²) in [5, 5.41) is 5.64. The van der Waals surface area contributed by atoms with E-state index in [9.17, 15) is 23.6 Å². The lowest BCUT2D eigenvalue weighted by molar-refractivity contribution is -0.117. The Morgan fingerprint density at radius 1 is 0.690 bits per heavy atom. The third-order valence-corrected chi connectivity index (χ3v) is 7.57. The number of rotatable bonds is 6. The zero-order chi connectivity index (χ0) is 29.2. The standard InChI is InChI=1S/C33H27FN4O4/c34-25-12-6-7-13-27(25)38-18-16-37(17-19-38)20-28(39)35-26-15-14-24-29(30(26)36-33(42)21-8-2-1-3-9-21)32(41)23-11-5-4-10-22(23)31(24)40/h1-15H,16-20H2,(H,35,39)(H,36,42). The Balaban J connectivity index is 1.25. The van der Waals surface area contributed by atoms with Crippen molar-refractivity contribution >= 4 is 40.4 Å². The molecular weight excluding hydrogens is 535 g/mol. The van der Waals surface area contributed by atoms with Gasteiger partial charge in [0.2, 0.25) is 5.91 Å². The highest BCUT2D eigenvalue weighted by Crippen LogP contribution is 2.37. The SMILES string of the molecule is O=C(CN1CCN(c2ccccc2F)CC1)Nc1ccc2c(c1NC(=O)c1ccccc1)C(=O)c1ccccc1C2=O. The van der Waals surface area contributed by atoms with Gasteiger partial charge in [0.15, 0.2) is 11.6 Å². The van der Waals surface area contributed by atoms with E-state index in [0.29, 0.717) is 43.0 Å². The summed E-state index contributed by atoms with van der Waals surface area (Å²) in [5.74, 6) is -1.86. The number of nitrogens with zero attached hydrogens (tertiary/aromatic N) is 2. The van der Waals surface area contributed by atoms with E-state index >= 15 is 0 Å². The molecule has 210 valence electrons. The van der Waals surface area contributed by atoms with E-state index in [0.717, 1.165) is 0 Å². The van der Waals surface area contributed by atoms with Crippen molar-refractivity contribution in [3.8, 4) is 0 Å². The minimum Gasteiger partial charge on any atom is -0.367 e. The second kappa shape index (κ2) is 11.4. The van der Waals surface area contributed by atoms with Gasteiger partial charge in [0.05, 0.1) is 29.2 Å². The fourth-order valence-electron chi connectivity index (χ4n) is 5.44. The van der Waals surface area contributed by atoms with E-state index in [1.807, 2.05) is 9.80 Å². The van der Waals surface area contributed by atoms with Gasteiger partial charge in [-0.15, -0.1) is 0 Å². The highest BCUT2D eigenvalue weighted by molar-refractivity contribution is 6.31. The molecule has 0 radical (unpaired) electrons. The average Bonchev–Trinajstić information content (AvgIpc) is 3.01. The van der Waals surface area contributed by atoms with Gasteiger partial charge in [0.25, 0.3) is 5.91 Å². The van der Waals surface area contributed by atoms with Crippen LogP contribution in [0, 0.1) is 5.82 Å². The van der Waals surface area contributed by atoms with E-state index in [1.165, 1.54) is 18.2 Å². The molecule has 0 atom stereocenters. The van der Waals surface area contributed by atoms with Gasteiger partial charge in [-0.25, -0.2) is 4.39 Å². The summed E-state index contributed by atoms with van der Waals surface area (Å²) in [4.78, 5) is 57.3. The lowest BCUT2D eigenvalue weighted by Gasteiger charge is -2.35. The van der Waals surface area contributed by atoms with E-state index in [1.54, 1.807) is 72.8 Å². The van der Waals surface area contributed by atoms with Crippen molar-refractivity contribution in [3.63, 3.8) is 0 Å². The lowest BCUT2D eigenvalue weighted by atomic mass is 9.82. The van der Waals surface area contributed by atoms with Gasteiger partial charge in [-0.05, 0) is 36.4 Å². The molecule has 2 amide bonds. The number of hydrogen-bond donors (Lipinski definition) is 2. The first kappa shape index (κ1) is 27.0. The van der Waals surface area contributed by atoms with Gasteiger partial charge in [0.1, 0.15) is 5.82 Å². The van der Waals surface area contributed by atoms with Crippen molar-refractivity contribution in [2.45, 2.75) is 0 Å². The number of para-hydroxylation sites is 1. The van der Waals surface area contributed by atoms with Crippen LogP contribution in [-0.4, -0.2) is 61.0 Å². The Kier molecular flexibility index (Phi) is 7.33. The minimum atomic E-state index is -0.483. The molecule has 4 aromatic carbocycles. The second-order valence-corrected chi connectivity index (χ2v) is 10.2. The highest BCUT2D eigenvalue weighted by Gasteiger charge is 2.34. The van der Waals surface area contributed by atoms with Crippen LogP contribution in [0.25, 0.3) is 0 Å². The summed E-state index contributed by atoms with van der Waals surface area (Å²) >= 11 is 0. The molecule has 1 aliphatic heterocycles. The van der Waals surface area contributed by atoms with Crippen LogP contribution in [0.15, 0.2) is 91.0 Å². The summed E-state index contributed by atoms with van der Waals surface area (Å²) in [6, 6.07) is 24.7. The first-order chi connectivity index (χ1) is 20.4. The summed E-state index contributed by atoms with van der Waals surface area (Å²) in [6.07, 6.45) is 0. The van der Waals surface area contributed by atoms with Crippen LogP contribution in [0.4, 0.5) is 21.5 Å². The molecule has 1 heterocycles. The summed E-state index contributed by atoms with van der Waals surface area (Å²) < 4.78 is 14.2. The molecule has 1 aliphatic carbocycles. The van der Waals surface area contributed by atoms with Crippen LogP contribution in [-0.2, 0) is 4.79 Å². The molecule has 0 bridgehead atoms. The van der Waals surface area contributed by atoms with Crippen LogP contribution in [0.1, 0.15) is 42.2 Å². The van der Waals surface area contributed by atoms with Gasteiger partial charge < -0.3 is 15.5 Å². The predicted molar refractivity (Wildman–Crippen MR) is 158 cm³/mol. The van der Waals surface area contributed by atoms with Crippen LogP contribution >= 0.6 is 0 Å².